The van der Waals surface area contributed by atoms with Crippen LogP contribution in [0.3, 0.4) is 0 Å². The van der Waals surface area contributed by atoms with Crippen LogP contribution in [0.1, 0.15) is 76.5 Å². The quantitative estimate of drug-likeness (QED) is 0.0211. The second-order valence-corrected chi connectivity index (χ2v) is 27.9. The Morgan fingerprint density at radius 3 is 2.15 bits per heavy atom. The third kappa shape index (κ3) is 18.8. The first-order valence-corrected chi connectivity index (χ1v) is 34.2. The number of aliphatic carboxylic acids is 1. The average molecular weight is 1400 g/mol. The zero-order valence-electron chi connectivity index (χ0n) is 50.8. The first kappa shape index (κ1) is 72.0. The number of amides is 5. The molecule has 0 bridgehead atoms. The Labute approximate surface area is 543 Å². The Bertz CT molecular complexity index is 3780. The molecule has 512 valence electrons. The number of nitrogen functional groups attached to an aromatic ring is 2. The minimum absolute atomic E-state index is 0.00734. The third-order valence-corrected chi connectivity index (χ3v) is 18.2. The highest BCUT2D eigenvalue weighted by Crippen LogP contribution is 2.55. The molecule has 13 N–H and O–H groups in total. The van der Waals surface area contributed by atoms with E-state index in [1.54, 1.807) is 38.1 Å². The van der Waals surface area contributed by atoms with Gasteiger partial charge in [-0.1, -0.05) is 45.0 Å². The molecule has 0 spiro atoms. The summed E-state index contributed by atoms with van der Waals surface area (Å²) < 4.78 is 70.8. The van der Waals surface area contributed by atoms with Crippen molar-refractivity contribution in [3.8, 4) is 0 Å². The number of aromatic nitrogens is 8. The lowest BCUT2D eigenvalue weighted by Crippen LogP contribution is -2.46. The maximum absolute atomic E-state index is 16.5. The van der Waals surface area contributed by atoms with Crippen molar-refractivity contribution < 1.29 is 99.4 Å². The summed E-state index contributed by atoms with van der Waals surface area (Å²) in [5, 5.41) is 16.7. The van der Waals surface area contributed by atoms with Crippen LogP contribution < -0.4 is 38.7 Å². The van der Waals surface area contributed by atoms with E-state index in [1.807, 2.05) is 0 Å². The van der Waals surface area contributed by atoms with Gasteiger partial charge in [0, 0.05) is 51.2 Å². The minimum atomic E-state index is -4.56. The maximum atomic E-state index is 16.5. The number of primary amides is 1. The van der Waals surface area contributed by atoms with E-state index in [4.69, 9.17) is 87.7 Å². The van der Waals surface area contributed by atoms with Crippen LogP contribution in [-0.4, -0.2) is 196 Å². The van der Waals surface area contributed by atoms with E-state index in [2.05, 4.69) is 45.9 Å². The predicted octanol–water partition coefficient (Wildman–Crippen LogP) is 1.19. The van der Waals surface area contributed by atoms with Gasteiger partial charge in [-0.2, -0.15) is 4.98 Å². The van der Waals surface area contributed by atoms with Crippen molar-refractivity contribution in [2.24, 2.45) is 23.5 Å². The fourth-order valence-electron chi connectivity index (χ4n) is 10.2. The lowest BCUT2D eigenvalue weighted by molar-refractivity contribution is -0.140. The van der Waals surface area contributed by atoms with Gasteiger partial charge in [-0.3, -0.25) is 51.9 Å². The van der Waals surface area contributed by atoms with E-state index in [0.717, 1.165) is 22.1 Å². The number of Topliss-reactive ketones (excluding diaryl/α,β-unsaturated/α-hetero) is 2. The number of urea groups is 1. The number of likely N-dealkylation sites (N-methyl/N-ethyl adjacent to an activating group) is 1. The minimum Gasteiger partial charge on any atom is -0.481 e. The van der Waals surface area contributed by atoms with Crippen LogP contribution >= 0.6 is 13.4 Å². The number of nitrogens with two attached hydrogens (primary N) is 3. The molecule has 0 saturated carbocycles. The molecule has 1 aromatic carbocycles. The normalized spacial score (nSPS) is 24.7. The number of carbonyl (C=O) groups is 8. The molecule has 3 aliphatic rings. The van der Waals surface area contributed by atoms with Crippen molar-refractivity contribution in [3.63, 3.8) is 0 Å². The third-order valence-electron chi connectivity index (χ3n) is 15.1. The maximum Gasteiger partial charge on any atom is 0.508 e. The van der Waals surface area contributed by atoms with Crippen molar-refractivity contribution in [2.75, 3.05) is 58.0 Å². The number of fused-ring (bicyclic) bond motifs is 4. The number of benzene rings is 1. The Morgan fingerprint density at radius 1 is 0.840 bits per heavy atom. The van der Waals surface area contributed by atoms with Gasteiger partial charge in [0.1, 0.15) is 55.3 Å². The fraction of sp³-hybridized carbons (Fsp3) is 0.547. The number of carboxylic acids is 1. The SMILES string of the molecule is CC(CC(=O)O)C(=O)NCCC(=O)C[C@H](C(=O)N[C@@H](CCCNC(N)=O)C(=O)Cc1ccc(COC(=O)N(C)CCOC(=O)O[C@@H]2[C@@H]3OP(O)(=S)OC[C@H]4O[C@@H](n5cnc6c(N)ncnc65)[C@H](F)[C@@H]4OP(O)(=S)OC[C@H]3O[C@H]2n2cnc3c(=O)[nH]c(N)nc32)cc1)C(C)C. The number of nitrogens with zero attached hydrogens (tertiary/aromatic N) is 8. The summed E-state index contributed by atoms with van der Waals surface area (Å²) in [6.07, 6.45) is -12.8. The van der Waals surface area contributed by atoms with Gasteiger partial charge in [0.2, 0.25) is 17.8 Å². The Morgan fingerprint density at radius 2 is 1.48 bits per heavy atom. The molecule has 3 unspecified atom stereocenters. The lowest BCUT2D eigenvalue weighted by Gasteiger charge is -2.30. The number of imidazole rings is 2. The summed E-state index contributed by atoms with van der Waals surface area (Å²) in [6, 6.07) is 4.62. The number of H-pyrrole nitrogens is 1. The molecule has 5 aromatic rings. The summed E-state index contributed by atoms with van der Waals surface area (Å²) in [7, 11) is 1.34. The van der Waals surface area contributed by atoms with Gasteiger partial charge in [0.05, 0.1) is 44.9 Å². The summed E-state index contributed by atoms with van der Waals surface area (Å²) in [4.78, 5) is 162. The average Bonchev–Trinajstić information content (AvgIpc) is 1.66. The number of nitrogens with one attached hydrogen (secondary N) is 4. The first-order chi connectivity index (χ1) is 44.5. The summed E-state index contributed by atoms with van der Waals surface area (Å²) >= 11 is 10.8. The van der Waals surface area contributed by atoms with Gasteiger partial charge in [-0.25, -0.2) is 38.7 Å². The molecule has 8 rings (SSSR count). The molecular weight excluding hydrogens is 1330 g/mol. The highest BCUT2D eigenvalue weighted by molar-refractivity contribution is 8.07. The van der Waals surface area contributed by atoms with Gasteiger partial charge in [-0.15, -0.1) is 0 Å². The predicted molar refractivity (Wildman–Crippen MR) is 330 cm³/mol. The number of halogens is 1. The zero-order chi connectivity index (χ0) is 68.3. The van der Waals surface area contributed by atoms with Crippen molar-refractivity contribution in [1.29, 1.82) is 0 Å². The van der Waals surface area contributed by atoms with Gasteiger partial charge in [0.25, 0.3) is 5.56 Å². The van der Waals surface area contributed by atoms with Crippen LogP contribution in [0.25, 0.3) is 22.3 Å². The number of rotatable bonds is 26. The fourth-order valence-corrected chi connectivity index (χ4v) is 13.0. The van der Waals surface area contributed by atoms with Crippen molar-refractivity contribution >= 4 is 119 Å². The van der Waals surface area contributed by atoms with Crippen LogP contribution in [-0.2, 0) is 102 Å². The molecule has 4 aromatic heterocycles. The molecule has 41 heteroatoms. The molecule has 0 aliphatic carbocycles. The molecule has 13 atom stereocenters. The summed E-state index contributed by atoms with van der Waals surface area (Å²) in [5.74, 6) is -5.32. The largest absolute Gasteiger partial charge is 0.508 e. The zero-order valence-corrected chi connectivity index (χ0v) is 54.2. The highest BCUT2D eigenvalue weighted by Gasteiger charge is 2.55. The van der Waals surface area contributed by atoms with Crippen LogP contribution in [0.15, 0.2) is 48.0 Å². The molecule has 94 heavy (non-hydrogen) atoms. The number of anilines is 2. The molecule has 3 aliphatic heterocycles. The van der Waals surface area contributed by atoms with Gasteiger partial charge < -0.3 is 85.7 Å². The lowest BCUT2D eigenvalue weighted by atomic mass is 9.88. The second kappa shape index (κ2) is 31.6. The van der Waals surface area contributed by atoms with E-state index < -0.39 is 148 Å². The summed E-state index contributed by atoms with van der Waals surface area (Å²) in [5.41, 5.74) is 17.1. The van der Waals surface area contributed by atoms with E-state index in [0.29, 0.717) is 11.1 Å². The van der Waals surface area contributed by atoms with Gasteiger partial charge in [-0.05, 0) is 53.5 Å². The number of ether oxygens (including phenoxy) is 5. The van der Waals surface area contributed by atoms with Crippen LogP contribution in [0, 0.1) is 17.8 Å². The van der Waals surface area contributed by atoms with E-state index >= 15 is 4.39 Å². The number of aromatic amines is 1. The highest BCUT2D eigenvalue weighted by atomic mass is 32.5. The topological polar surface area (TPSA) is 505 Å². The molecule has 3 saturated heterocycles. The Kier molecular flexibility index (Phi) is 24.2. The number of hydrogen-bond acceptors (Lipinski definition) is 27. The molecule has 3 fully saturated rings. The van der Waals surface area contributed by atoms with Crippen molar-refractivity contribution in [1.82, 2.24) is 59.9 Å². The van der Waals surface area contributed by atoms with Gasteiger partial charge in [0.15, 0.2) is 53.1 Å². The number of alkyl halides is 1. The number of hydrogen-bond donors (Lipinski definition) is 10. The molecule has 5 amide bonds. The van der Waals surface area contributed by atoms with Crippen LogP contribution in [0.5, 0.6) is 0 Å². The van der Waals surface area contributed by atoms with E-state index in [9.17, 15) is 52.9 Å². The molecule has 0 radical (unpaired) electrons. The second-order valence-electron chi connectivity index (χ2n) is 22.3. The molecular formula is C53H70FN15O21P2S2. The Balaban J connectivity index is 0.868. The smallest absolute Gasteiger partial charge is 0.481 e. The number of ketones is 2. The standard InChI is InChI=1S/C53H70FN15O21P2S2/c1-25(2)30(18-29(70)11-13-58-45(74)26(3)16-35(72)73)46(75)64-31(6-5-12-59-51(57)77)32(71)17-27-7-9-28(10-8-27)19-83-52(78)67(4)14-15-82-53(79)88-41-40-34(87-49(41)69-24-63-38-44(69)65-50(56)66-47(38)76)21-85-91(80,93)89-39-33(20-84-92(81,94)90-40)86-48(36(39)54)68-23-62-37-42(55)60-22-61-43(37)68/h7-10,22-26,30-31,33-34,36,39-41,48-49H,5-6,11-21H2,1-4H3,(H,58,74)(H,64,75)(H,72,73)(H,80,93)(H,81,94)(H2,55,60,61)(H3,57,59,77)(H3,56,65,66,76)/t26?,30-,31-,33+,34+,36+,39+,40+,41+,48+,49+,91?,92?/m0/s1. The van der Waals surface area contributed by atoms with Crippen molar-refractivity contribution in [2.45, 2.75) is 121 Å². The summed E-state index contributed by atoms with van der Waals surface area (Å²) in [6.45, 7) is -6.66. The van der Waals surface area contributed by atoms with Crippen molar-refractivity contribution in [3.05, 3.63) is 64.7 Å². The van der Waals surface area contributed by atoms with Crippen LogP contribution in [0.4, 0.5) is 30.5 Å². The van der Waals surface area contributed by atoms with E-state index in [1.165, 1.54) is 24.9 Å². The van der Waals surface area contributed by atoms with E-state index in [-0.39, 0.29) is 111 Å². The molecule has 36 nitrogen and oxygen atoms in total. The number of carboxylic acid groups (broad SMARTS) is 1. The first-order valence-electron chi connectivity index (χ1n) is 29.1. The van der Waals surface area contributed by atoms with Gasteiger partial charge >= 0.3 is 37.7 Å². The van der Waals surface area contributed by atoms with Crippen LogP contribution in [0.2, 0.25) is 0 Å². The Hall–Kier alpha value is -7.81. The monoisotopic (exact) mass is 1400 g/mol. The molecule has 7 heterocycles. The number of carbonyl (C=O) groups excluding carboxylic acids is 7.